The summed E-state index contributed by atoms with van der Waals surface area (Å²) in [6, 6.07) is 3.68. The molecule has 114 valence electrons. The summed E-state index contributed by atoms with van der Waals surface area (Å²) in [4.78, 5) is 24.0. The number of rotatable bonds is 4. The number of amides is 1. The number of nitrogens with one attached hydrogen (secondary N) is 1. The molecule has 2 N–H and O–H groups in total. The van der Waals surface area contributed by atoms with Gasteiger partial charge < -0.3 is 10.4 Å². The van der Waals surface area contributed by atoms with Gasteiger partial charge in [-0.3, -0.25) is 4.79 Å². The number of hydrogen-bond acceptors (Lipinski definition) is 3. The molecule has 2 rings (SSSR count). The van der Waals surface area contributed by atoms with Crippen LogP contribution in [0.2, 0.25) is 0 Å². The molecule has 1 amide bonds. The molecule has 4 nitrogen and oxygen atoms in total. The number of aromatic carboxylic acids is 1. The second-order valence-electron chi connectivity index (χ2n) is 5.54. The van der Waals surface area contributed by atoms with Crippen molar-refractivity contribution >= 4 is 23.6 Å². The molecule has 1 aliphatic rings. The monoisotopic (exact) mass is 307 g/mol. The summed E-state index contributed by atoms with van der Waals surface area (Å²) >= 11 is 1.76. The van der Waals surface area contributed by atoms with Crippen LogP contribution in [0.25, 0.3) is 0 Å². The van der Waals surface area contributed by atoms with E-state index in [9.17, 15) is 14.7 Å². The van der Waals surface area contributed by atoms with Crippen LogP contribution in [0, 0.1) is 13.8 Å². The number of hydrogen-bond donors (Lipinski definition) is 2. The second-order valence-corrected chi connectivity index (χ2v) is 6.62. The predicted octanol–water partition coefficient (Wildman–Crippen LogP) is 3.02. The lowest BCUT2D eigenvalue weighted by molar-refractivity contribution is 0.0689. The van der Waals surface area contributed by atoms with E-state index in [1.165, 1.54) is 0 Å². The molecular weight excluding hydrogens is 286 g/mol. The minimum Gasteiger partial charge on any atom is -0.478 e. The van der Waals surface area contributed by atoms with Crippen LogP contribution in [-0.4, -0.2) is 34.5 Å². The molecule has 1 aliphatic carbocycles. The van der Waals surface area contributed by atoms with Gasteiger partial charge in [0.15, 0.2) is 0 Å². The maximum atomic E-state index is 12.6. The zero-order chi connectivity index (χ0) is 15.6. The second kappa shape index (κ2) is 6.52. The lowest BCUT2D eigenvalue weighted by Gasteiger charge is -2.21. The molecule has 0 radical (unpaired) electrons. The molecular formula is C16H21NO3S. The minimum atomic E-state index is -1.05. The van der Waals surface area contributed by atoms with Crippen LogP contribution in [0.1, 0.15) is 51.1 Å². The van der Waals surface area contributed by atoms with Gasteiger partial charge in [-0.15, -0.1) is 0 Å². The highest BCUT2D eigenvalue weighted by molar-refractivity contribution is 7.99. The quantitative estimate of drug-likeness (QED) is 0.897. The van der Waals surface area contributed by atoms with E-state index in [0.717, 1.165) is 19.3 Å². The molecule has 5 heteroatoms. The zero-order valence-corrected chi connectivity index (χ0v) is 13.4. The van der Waals surface area contributed by atoms with Crippen molar-refractivity contribution in [3.05, 3.63) is 34.4 Å². The van der Waals surface area contributed by atoms with E-state index in [2.05, 4.69) is 11.6 Å². The van der Waals surface area contributed by atoms with Crippen molar-refractivity contribution in [2.45, 2.75) is 44.4 Å². The van der Waals surface area contributed by atoms with Crippen molar-refractivity contribution in [3.63, 3.8) is 0 Å². The van der Waals surface area contributed by atoms with Crippen molar-refractivity contribution in [2.24, 2.45) is 0 Å². The molecule has 0 spiro atoms. The fraction of sp³-hybridized carbons (Fsp3) is 0.500. The van der Waals surface area contributed by atoms with Crippen molar-refractivity contribution in [2.75, 3.05) is 6.26 Å². The van der Waals surface area contributed by atoms with Gasteiger partial charge >= 0.3 is 5.97 Å². The zero-order valence-electron chi connectivity index (χ0n) is 12.6. The third-order valence-corrected chi connectivity index (χ3v) is 5.30. The third kappa shape index (κ3) is 3.23. The van der Waals surface area contributed by atoms with Crippen LogP contribution in [0.5, 0.6) is 0 Å². The lowest BCUT2D eigenvalue weighted by atomic mass is 9.96. The highest BCUT2D eigenvalue weighted by Gasteiger charge is 2.30. The molecule has 0 saturated heterocycles. The Hall–Kier alpha value is -1.49. The normalized spacial score (nSPS) is 21.3. The SMILES string of the molecule is CSC1CCCC1NC(=O)c1c(C)ccc(C)c1C(=O)O. The Bertz CT molecular complexity index is 571. The van der Waals surface area contributed by atoms with E-state index < -0.39 is 5.97 Å². The van der Waals surface area contributed by atoms with Crippen LogP contribution in [-0.2, 0) is 0 Å². The number of carbonyl (C=O) groups is 2. The van der Waals surface area contributed by atoms with Gasteiger partial charge in [-0.1, -0.05) is 18.6 Å². The molecule has 0 heterocycles. The van der Waals surface area contributed by atoms with Gasteiger partial charge in [-0.2, -0.15) is 11.8 Å². The highest BCUT2D eigenvalue weighted by Crippen LogP contribution is 2.29. The molecule has 1 aromatic rings. The van der Waals surface area contributed by atoms with Gasteiger partial charge in [-0.05, 0) is 44.1 Å². The van der Waals surface area contributed by atoms with Gasteiger partial charge in [0, 0.05) is 11.3 Å². The van der Waals surface area contributed by atoms with Gasteiger partial charge in [0.25, 0.3) is 5.91 Å². The fourth-order valence-electron chi connectivity index (χ4n) is 2.99. The summed E-state index contributed by atoms with van der Waals surface area (Å²) in [5.74, 6) is -1.31. The van der Waals surface area contributed by atoms with E-state index in [4.69, 9.17) is 0 Å². The van der Waals surface area contributed by atoms with E-state index in [1.807, 2.05) is 0 Å². The maximum Gasteiger partial charge on any atom is 0.336 e. The Morgan fingerprint density at radius 2 is 1.81 bits per heavy atom. The Labute approximate surface area is 129 Å². The number of carboxylic acids is 1. The average Bonchev–Trinajstić information content (AvgIpc) is 2.87. The smallest absolute Gasteiger partial charge is 0.336 e. The largest absolute Gasteiger partial charge is 0.478 e. The number of benzene rings is 1. The summed E-state index contributed by atoms with van der Waals surface area (Å²) in [6.45, 7) is 3.50. The lowest BCUT2D eigenvalue weighted by Crippen LogP contribution is -2.39. The first-order chi connectivity index (χ1) is 9.95. The third-order valence-electron chi connectivity index (χ3n) is 4.13. The number of aryl methyl sites for hydroxylation is 2. The predicted molar refractivity (Wildman–Crippen MR) is 85.3 cm³/mol. The van der Waals surface area contributed by atoms with Crippen molar-refractivity contribution in [3.8, 4) is 0 Å². The maximum absolute atomic E-state index is 12.6. The molecule has 0 bridgehead atoms. The fourth-order valence-corrected chi connectivity index (χ4v) is 3.93. The Morgan fingerprint density at radius 1 is 1.19 bits per heavy atom. The van der Waals surface area contributed by atoms with Crippen LogP contribution in [0.4, 0.5) is 0 Å². The van der Waals surface area contributed by atoms with Crippen molar-refractivity contribution < 1.29 is 14.7 Å². The van der Waals surface area contributed by atoms with E-state index >= 15 is 0 Å². The standard InChI is InChI=1S/C16H21NO3S/c1-9-7-8-10(2)14(16(19)20)13(9)15(18)17-11-5-4-6-12(11)21-3/h7-8,11-12H,4-6H2,1-3H3,(H,17,18)(H,19,20). The molecule has 0 aromatic heterocycles. The van der Waals surface area contributed by atoms with Crippen LogP contribution >= 0.6 is 11.8 Å². The van der Waals surface area contributed by atoms with E-state index in [1.54, 1.807) is 37.7 Å². The summed E-state index contributed by atoms with van der Waals surface area (Å²) in [6.07, 6.45) is 5.22. The molecule has 1 aromatic carbocycles. The van der Waals surface area contributed by atoms with Gasteiger partial charge in [0.05, 0.1) is 11.1 Å². The topological polar surface area (TPSA) is 66.4 Å². The van der Waals surface area contributed by atoms with Crippen LogP contribution in [0.3, 0.4) is 0 Å². The Kier molecular flexibility index (Phi) is 4.93. The summed E-state index contributed by atoms with van der Waals surface area (Å²) in [5.41, 5.74) is 1.74. The first kappa shape index (κ1) is 15.9. The van der Waals surface area contributed by atoms with Gasteiger partial charge in [0.1, 0.15) is 0 Å². The number of carbonyl (C=O) groups excluding carboxylic acids is 1. The van der Waals surface area contributed by atoms with Crippen molar-refractivity contribution in [1.82, 2.24) is 5.32 Å². The first-order valence-electron chi connectivity index (χ1n) is 7.12. The highest BCUT2D eigenvalue weighted by atomic mass is 32.2. The van der Waals surface area contributed by atoms with Gasteiger partial charge in [-0.25, -0.2) is 4.79 Å². The number of carboxylic acid groups (broad SMARTS) is 1. The molecule has 21 heavy (non-hydrogen) atoms. The molecule has 1 saturated carbocycles. The first-order valence-corrected chi connectivity index (χ1v) is 8.41. The number of thioether (sulfide) groups is 1. The minimum absolute atomic E-state index is 0.117. The van der Waals surface area contributed by atoms with E-state index in [-0.39, 0.29) is 17.5 Å². The van der Waals surface area contributed by atoms with Crippen LogP contribution < -0.4 is 5.32 Å². The average molecular weight is 307 g/mol. The Balaban J connectivity index is 2.31. The van der Waals surface area contributed by atoms with Gasteiger partial charge in [0.2, 0.25) is 0 Å². The molecule has 2 unspecified atom stereocenters. The summed E-state index contributed by atoms with van der Waals surface area (Å²) in [7, 11) is 0. The van der Waals surface area contributed by atoms with E-state index in [0.29, 0.717) is 21.9 Å². The van der Waals surface area contributed by atoms with Crippen LogP contribution in [0.15, 0.2) is 12.1 Å². The Morgan fingerprint density at radius 3 is 2.38 bits per heavy atom. The molecule has 0 aliphatic heterocycles. The van der Waals surface area contributed by atoms with Crippen molar-refractivity contribution in [1.29, 1.82) is 0 Å². The summed E-state index contributed by atoms with van der Waals surface area (Å²) in [5, 5.41) is 12.9. The molecule has 1 fully saturated rings. The molecule has 2 atom stereocenters. The summed E-state index contributed by atoms with van der Waals surface area (Å²) < 4.78 is 0.